The summed E-state index contributed by atoms with van der Waals surface area (Å²) >= 11 is 7.90. The number of thiophene rings is 1. The van der Waals surface area contributed by atoms with Gasteiger partial charge in [-0.3, -0.25) is 28.8 Å². The molecule has 59 heavy (non-hydrogen) atoms. The summed E-state index contributed by atoms with van der Waals surface area (Å²) in [6.45, 7) is 6.58. The minimum absolute atomic E-state index is 0.0873. The van der Waals surface area contributed by atoms with Crippen molar-refractivity contribution in [3.63, 3.8) is 0 Å². The monoisotopic (exact) mass is 831 g/mol. The Balaban J connectivity index is 1.05. The maximum Gasteiger partial charge on any atom is 0.242 e. The molecule has 0 radical (unpaired) electrons. The number of aryl methyl sites for hydroxylation is 2. The van der Waals surface area contributed by atoms with E-state index in [4.69, 9.17) is 26.2 Å². The van der Waals surface area contributed by atoms with Crippen molar-refractivity contribution >= 4 is 73.8 Å². The first-order chi connectivity index (χ1) is 28.4. The number of halogens is 1. The van der Waals surface area contributed by atoms with Crippen LogP contribution in [0, 0.1) is 36.0 Å². The van der Waals surface area contributed by atoms with Crippen LogP contribution in [0.15, 0.2) is 78.4 Å². The molecular weight excluding hydrogens is 790 g/mol. The van der Waals surface area contributed by atoms with Crippen molar-refractivity contribution in [1.82, 2.24) is 9.78 Å². The van der Waals surface area contributed by atoms with Crippen LogP contribution in [0.25, 0.3) is 20.7 Å². The lowest BCUT2D eigenvalue weighted by molar-refractivity contribution is -0.131. The molecule has 2 aliphatic carbocycles. The zero-order chi connectivity index (χ0) is 41.1. The van der Waals surface area contributed by atoms with Gasteiger partial charge in [0, 0.05) is 53.1 Å². The van der Waals surface area contributed by atoms with E-state index >= 15 is 9.59 Å². The molecule has 5 aromatic rings. The lowest BCUT2D eigenvalue weighted by atomic mass is 9.51. The number of rotatable bonds is 6. The predicted molar refractivity (Wildman–Crippen MR) is 225 cm³/mol. The van der Waals surface area contributed by atoms with E-state index in [1.165, 1.54) is 16.9 Å². The van der Waals surface area contributed by atoms with E-state index in [0.29, 0.717) is 46.7 Å². The maximum atomic E-state index is 15.3. The molecule has 302 valence electrons. The highest BCUT2D eigenvalue weighted by molar-refractivity contribution is 7.22. The number of ether oxygens (including phenoxy) is 2. The molecule has 2 aromatic heterocycles. The molecule has 5 aliphatic rings. The van der Waals surface area contributed by atoms with E-state index in [1.54, 1.807) is 54.3 Å². The predicted octanol–water partition coefficient (Wildman–Crippen LogP) is 7.25. The average molecular weight is 832 g/mol. The van der Waals surface area contributed by atoms with Crippen LogP contribution < -0.4 is 19.4 Å². The number of phenolic OH excluding ortho intramolecular Hbond substituents is 1. The number of carbonyl (C=O) groups is 4. The molecule has 12 nitrogen and oxygen atoms in total. The molecular formula is C45H42ClN5O7S. The normalized spacial score (nSPS) is 26.7. The van der Waals surface area contributed by atoms with E-state index < -0.39 is 46.8 Å². The average Bonchev–Trinajstić information content (AvgIpc) is 3.91. The number of aromatic hydroxyl groups is 1. The Kier molecular flexibility index (Phi) is 8.82. The number of anilines is 3. The SMILES string of the molecule is COc1cccc(O)c1C1C2=CCC3C(=O)N(c4ccc(N5CCOCC5)cc4)C(=O)C3C2CC2C(=O)N(c3cc(-c4sc5ccc(Cl)cc5c4C)nn3C)C(=O)C21C. The molecule has 0 bridgehead atoms. The van der Waals surface area contributed by atoms with Crippen molar-refractivity contribution in [2.45, 2.75) is 32.6 Å². The molecule has 5 heterocycles. The number of carbonyl (C=O) groups excluding carboxylic acids is 4. The number of amides is 4. The van der Waals surface area contributed by atoms with Gasteiger partial charge in [0.25, 0.3) is 0 Å². The van der Waals surface area contributed by atoms with Crippen molar-refractivity contribution in [1.29, 1.82) is 0 Å². The highest BCUT2D eigenvalue weighted by Gasteiger charge is 2.68. The number of aromatic nitrogens is 2. The van der Waals surface area contributed by atoms with Crippen LogP contribution in [0.4, 0.5) is 17.2 Å². The maximum absolute atomic E-state index is 15.3. The minimum Gasteiger partial charge on any atom is -0.508 e. The molecule has 3 saturated heterocycles. The van der Waals surface area contributed by atoms with Crippen LogP contribution in [0.1, 0.15) is 36.8 Å². The molecule has 3 aromatic carbocycles. The Morgan fingerprint density at radius 1 is 0.932 bits per heavy atom. The third-order valence-electron chi connectivity index (χ3n) is 13.5. The molecule has 4 fully saturated rings. The molecule has 4 amide bonds. The molecule has 10 rings (SSSR count). The van der Waals surface area contributed by atoms with Gasteiger partial charge in [-0.15, -0.1) is 11.3 Å². The van der Waals surface area contributed by atoms with Gasteiger partial charge in [-0.2, -0.15) is 5.10 Å². The summed E-state index contributed by atoms with van der Waals surface area (Å²) < 4.78 is 13.9. The lowest BCUT2D eigenvalue weighted by Gasteiger charge is -2.49. The van der Waals surface area contributed by atoms with Gasteiger partial charge in [0.2, 0.25) is 23.6 Å². The standard InChI is InChI=1S/C45H42ClN5O7S/c1-23-29-20-24(46)8-15-35(29)59-40(23)32-22-36(48(3)47-32)51-42(54)31-21-30-27(39(45(31,2)44(51)56)38-33(52)6-5-7-34(38)57-4)13-14-28-37(30)43(55)50(41(28)53)26-11-9-25(10-12-26)49-16-18-58-19-17-49/h5-13,15,20,22,28,30-31,37,39,52H,14,16-19,21H2,1-4H3. The van der Waals surface area contributed by atoms with Crippen LogP contribution in [-0.4, -0.2) is 71.9 Å². The number of allylic oxidation sites excluding steroid dienone is 2. The van der Waals surface area contributed by atoms with Gasteiger partial charge < -0.3 is 19.5 Å². The summed E-state index contributed by atoms with van der Waals surface area (Å²) in [6, 6.07) is 19.9. The van der Waals surface area contributed by atoms with Crippen LogP contribution in [0.2, 0.25) is 5.02 Å². The van der Waals surface area contributed by atoms with Gasteiger partial charge >= 0.3 is 0 Å². The topological polar surface area (TPSA) is 135 Å². The number of phenols is 1. The lowest BCUT2D eigenvalue weighted by Crippen LogP contribution is -2.49. The second-order valence-corrected chi connectivity index (χ2v) is 17.9. The molecule has 14 heteroatoms. The Hall–Kier alpha value is -5.50. The summed E-state index contributed by atoms with van der Waals surface area (Å²) in [5.74, 6) is -4.61. The van der Waals surface area contributed by atoms with Crippen molar-refractivity contribution in [3.8, 4) is 22.1 Å². The van der Waals surface area contributed by atoms with Gasteiger partial charge in [0.1, 0.15) is 23.0 Å². The second-order valence-electron chi connectivity index (χ2n) is 16.4. The highest BCUT2D eigenvalue weighted by atomic mass is 35.5. The fourth-order valence-corrected chi connectivity index (χ4v) is 12.0. The molecule has 1 saturated carbocycles. The number of nitrogens with zero attached hydrogens (tertiary/aromatic N) is 5. The van der Waals surface area contributed by atoms with E-state index in [9.17, 15) is 14.7 Å². The first-order valence-corrected chi connectivity index (χ1v) is 21.1. The quantitative estimate of drug-likeness (QED) is 0.139. The van der Waals surface area contributed by atoms with Crippen LogP contribution in [0.5, 0.6) is 11.5 Å². The minimum atomic E-state index is -1.40. The number of fused-ring (bicyclic) bond motifs is 5. The molecule has 6 unspecified atom stereocenters. The van der Waals surface area contributed by atoms with E-state index in [2.05, 4.69) is 4.90 Å². The van der Waals surface area contributed by atoms with Gasteiger partial charge in [0.15, 0.2) is 0 Å². The number of benzene rings is 3. The number of hydrogen-bond donors (Lipinski definition) is 1. The van der Waals surface area contributed by atoms with Gasteiger partial charge in [0.05, 0.1) is 54.1 Å². The molecule has 6 atom stereocenters. The number of hydrogen-bond acceptors (Lipinski definition) is 10. The summed E-state index contributed by atoms with van der Waals surface area (Å²) in [4.78, 5) is 64.9. The zero-order valence-corrected chi connectivity index (χ0v) is 34.5. The summed E-state index contributed by atoms with van der Waals surface area (Å²) in [5.41, 5.74) is 2.82. The van der Waals surface area contributed by atoms with Gasteiger partial charge in [-0.1, -0.05) is 29.3 Å². The van der Waals surface area contributed by atoms with Crippen molar-refractivity contribution in [2.24, 2.45) is 36.1 Å². The van der Waals surface area contributed by atoms with E-state index in [-0.39, 0.29) is 30.4 Å². The number of imide groups is 2. The van der Waals surface area contributed by atoms with Crippen molar-refractivity contribution < 1.29 is 33.8 Å². The second kappa shape index (κ2) is 13.8. The fourth-order valence-electron chi connectivity index (χ4n) is 10.6. The molecule has 1 N–H and O–H groups in total. The third-order valence-corrected chi connectivity index (χ3v) is 15.1. The van der Waals surface area contributed by atoms with E-state index in [0.717, 1.165) is 44.9 Å². The zero-order valence-electron chi connectivity index (χ0n) is 33.0. The first kappa shape index (κ1) is 37.7. The smallest absolute Gasteiger partial charge is 0.242 e. The Morgan fingerprint density at radius 3 is 2.42 bits per heavy atom. The first-order valence-electron chi connectivity index (χ1n) is 19.9. The number of morpholine rings is 1. The highest BCUT2D eigenvalue weighted by Crippen LogP contribution is 2.65. The van der Waals surface area contributed by atoms with Crippen LogP contribution >= 0.6 is 22.9 Å². The largest absolute Gasteiger partial charge is 0.508 e. The van der Waals surface area contributed by atoms with Crippen LogP contribution in [-0.2, 0) is 31.0 Å². The fraction of sp³-hybridized carbons (Fsp3) is 0.356. The van der Waals surface area contributed by atoms with Gasteiger partial charge in [-0.25, -0.2) is 4.90 Å². The molecule has 0 spiro atoms. The van der Waals surface area contributed by atoms with Crippen molar-refractivity contribution in [2.75, 3.05) is 48.1 Å². The Bertz CT molecular complexity index is 2650. The summed E-state index contributed by atoms with van der Waals surface area (Å²) in [7, 11) is 3.21. The Labute approximate surface area is 349 Å². The van der Waals surface area contributed by atoms with Gasteiger partial charge in [-0.05, 0) is 98.2 Å². The number of methoxy groups -OCH3 is 1. The summed E-state index contributed by atoms with van der Waals surface area (Å²) in [6.07, 6.45) is 2.41. The summed E-state index contributed by atoms with van der Waals surface area (Å²) in [5, 5.41) is 18.1. The van der Waals surface area contributed by atoms with Crippen molar-refractivity contribution in [3.05, 3.63) is 94.5 Å². The molecule has 3 aliphatic heterocycles. The third kappa shape index (κ3) is 5.47. The Morgan fingerprint density at radius 2 is 1.68 bits per heavy atom. The van der Waals surface area contributed by atoms with Crippen LogP contribution in [0.3, 0.4) is 0 Å². The van der Waals surface area contributed by atoms with E-state index in [1.807, 2.05) is 55.5 Å².